The highest BCUT2D eigenvalue weighted by Crippen LogP contribution is 2.23. The van der Waals surface area contributed by atoms with Crippen molar-refractivity contribution in [2.24, 2.45) is 16.6 Å². The van der Waals surface area contributed by atoms with Gasteiger partial charge in [0.1, 0.15) is 5.92 Å². The van der Waals surface area contributed by atoms with Crippen LogP contribution in [-0.2, 0) is 9.59 Å². The highest BCUT2D eigenvalue weighted by molar-refractivity contribution is 6.34. The monoisotopic (exact) mass is 248 g/mol. The number of Topliss-reactive ketones (excluding diaryl/α,β-unsaturated/α-hetero) is 1. The van der Waals surface area contributed by atoms with Gasteiger partial charge in [-0.2, -0.15) is 0 Å². The molecule has 1 heterocycles. The summed E-state index contributed by atoms with van der Waals surface area (Å²) in [4.78, 5) is 26.9. The Kier molecular flexibility index (Phi) is 3.06. The Bertz CT molecular complexity index is 532. The molecule has 0 fully saturated rings. The average Bonchev–Trinajstić information content (AvgIpc) is 2.30. The number of nitrogens with zero attached hydrogens (tertiary/aromatic N) is 1. The molecule has 1 unspecified atom stereocenters. The minimum absolute atomic E-state index is 0.338. The zero-order chi connectivity index (χ0) is 12.4. The third-order valence-corrected chi connectivity index (χ3v) is 2.70. The fourth-order valence-electron chi connectivity index (χ4n) is 1.55. The van der Waals surface area contributed by atoms with Crippen LogP contribution in [0.1, 0.15) is 5.56 Å². The topological polar surface area (TPSA) is 72.5 Å². The van der Waals surface area contributed by atoms with Gasteiger partial charge in [-0.15, -0.1) is 0 Å². The van der Waals surface area contributed by atoms with E-state index in [2.05, 4.69) is 4.99 Å². The zero-order valence-electron chi connectivity index (χ0n) is 8.76. The fourth-order valence-corrected chi connectivity index (χ4v) is 1.68. The molecule has 1 aromatic carbocycles. The van der Waals surface area contributed by atoms with Crippen LogP contribution >= 0.6 is 11.6 Å². The van der Waals surface area contributed by atoms with Gasteiger partial charge >= 0.3 is 0 Å². The molecule has 1 aliphatic rings. The van der Waals surface area contributed by atoms with E-state index in [9.17, 15) is 9.59 Å². The number of benzene rings is 1. The van der Waals surface area contributed by atoms with Crippen LogP contribution in [0.2, 0.25) is 5.02 Å². The smallest absolute Gasteiger partial charge is 0.233 e. The largest absolute Gasteiger partial charge is 0.369 e. The van der Waals surface area contributed by atoms with Gasteiger partial charge in [0.15, 0.2) is 5.78 Å². The number of hydrogen-bond donors (Lipinski definition) is 1. The number of allylic oxidation sites excluding steroid dienone is 1. The maximum absolute atomic E-state index is 12.0. The lowest BCUT2D eigenvalue weighted by molar-refractivity contribution is -0.126. The standard InChI is InChI=1S/C12H9ClN2O2/c13-8-3-1-7(2-4-8)9-5-15-6-10(11(9)16)12(14)17/h1-6,10H,(H2,14,17). The molecule has 0 saturated carbocycles. The Morgan fingerprint density at radius 2 is 1.94 bits per heavy atom. The second kappa shape index (κ2) is 4.51. The maximum Gasteiger partial charge on any atom is 0.233 e. The highest BCUT2D eigenvalue weighted by atomic mass is 35.5. The lowest BCUT2D eigenvalue weighted by atomic mass is 9.92. The minimum atomic E-state index is -0.981. The summed E-state index contributed by atoms with van der Waals surface area (Å²) in [6.45, 7) is 0. The summed E-state index contributed by atoms with van der Waals surface area (Å²) in [6, 6.07) is 6.74. The number of halogens is 1. The highest BCUT2D eigenvalue weighted by Gasteiger charge is 2.28. The molecule has 86 valence electrons. The Morgan fingerprint density at radius 1 is 1.29 bits per heavy atom. The normalized spacial score (nSPS) is 19.0. The van der Waals surface area contributed by atoms with Gasteiger partial charge in [0.25, 0.3) is 0 Å². The van der Waals surface area contributed by atoms with E-state index in [4.69, 9.17) is 17.3 Å². The molecule has 1 aromatic rings. The Hall–Kier alpha value is -1.94. The lowest BCUT2D eigenvalue weighted by Gasteiger charge is -2.13. The van der Waals surface area contributed by atoms with Gasteiger partial charge in [0.05, 0.1) is 0 Å². The molecule has 0 aromatic heterocycles. The van der Waals surface area contributed by atoms with Crippen LogP contribution in [0.15, 0.2) is 35.5 Å². The van der Waals surface area contributed by atoms with E-state index in [0.717, 1.165) is 0 Å². The zero-order valence-corrected chi connectivity index (χ0v) is 9.52. The Morgan fingerprint density at radius 3 is 2.53 bits per heavy atom. The van der Waals surface area contributed by atoms with Crippen molar-refractivity contribution in [3.05, 3.63) is 41.1 Å². The molecule has 0 bridgehead atoms. The van der Waals surface area contributed by atoms with E-state index in [1.807, 2.05) is 0 Å². The fraction of sp³-hybridized carbons (Fsp3) is 0.0833. The van der Waals surface area contributed by atoms with Gasteiger partial charge in [0.2, 0.25) is 5.91 Å². The van der Waals surface area contributed by atoms with Crippen molar-refractivity contribution in [2.45, 2.75) is 0 Å². The molecule has 17 heavy (non-hydrogen) atoms. The molecule has 5 heteroatoms. The van der Waals surface area contributed by atoms with Gasteiger partial charge in [-0.05, 0) is 17.7 Å². The number of amides is 1. The number of primary amides is 1. The molecule has 4 nitrogen and oxygen atoms in total. The van der Waals surface area contributed by atoms with E-state index < -0.39 is 11.8 Å². The third kappa shape index (κ3) is 2.26. The summed E-state index contributed by atoms with van der Waals surface area (Å²) in [5.74, 6) is -2.01. The Balaban J connectivity index is 2.37. The van der Waals surface area contributed by atoms with Crippen LogP contribution in [0, 0.1) is 5.92 Å². The van der Waals surface area contributed by atoms with Crippen molar-refractivity contribution in [3.63, 3.8) is 0 Å². The maximum atomic E-state index is 12.0. The second-order valence-electron chi connectivity index (χ2n) is 3.59. The van der Waals surface area contributed by atoms with Gasteiger partial charge in [-0.3, -0.25) is 14.6 Å². The summed E-state index contributed by atoms with van der Waals surface area (Å²) in [5, 5.41) is 0.576. The number of hydrogen-bond acceptors (Lipinski definition) is 3. The van der Waals surface area contributed by atoms with Gasteiger partial charge in [-0.1, -0.05) is 23.7 Å². The van der Waals surface area contributed by atoms with Crippen LogP contribution in [-0.4, -0.2) is 17.9 Å². The quantitative estimate of drug-likeness (QED) is 0.805. The van der Waals surface area contributed by atoms with Crippen molar-refractivity contribution in [1.29, 1.82) is 0 Å². The number of rotatable bonds is 2. The van der Waals surface area contributed by atoms with E-state index >= 15 is 0 Å². The first-order chi connectivity index (χ1) is 8.09. The van der Waals surface area contributed by atoms with Gasteiger partial charge in [0, 0.05) is 23.0 Å². The van der Waals surface area contributed by atoms with E-state index in [1.54, 1.807) is 24.3 Å². The summed E-state index contributed by atoms with van der Waals surface area (Å²) >= 11 is 5.76. The number of ketones is 1. The molecule has 0 radical (unpaired) electrons. The van der Waals surface area contributed by atoms with Crippen molar-refractivity contribution >= 4 is 35.1 Å². The number of carbonyl (C=O) groups is 2. The van der Waals surface area contributed by atoms with Crippen molar-refractivity contribution in [3.8, 4) is 0 Å². The predicted octanol–water partition coefficient (Wildman–Crippen LogP) is 1.44. The number of nitrogens with two attached hydrogens (primary N) is 1. The summed E-state index contributed by atoms with van der Waals surface area (Å²) in [7, 11) is 0. The first-order valence-corrected chi connectivity index (χ1v) is 5.30. The predicted molar refractivity (Wildman–Crippen MR) is 65.6 cm³/mol. The van der Waals surface area contributed by atoms with Crippen LogP contribution in [0.25, 0.3) is 5.57 Å². The van der Waals surface area contributed by atoms with Gasteiger partial charge in [-0.25, -0.2) is 0 Å². The second-order valence-corrected chi connectivity index (χ2v) is 4.03. The molecule has 1 atom stereocenters. The molecule has 0 aliphatic carbocycles. The van der Waals surface area contributed by atoms with Gasteiger partial charge < -0.3 is 5.73 Å². The summed E-state index contributed by atoms with van der Waals surface area (Å²) in [5.41, 5.74) is 6.16. The number of carbonyl (C=O) groups excluding carboxylic acids is 2. The molecule has 0 spiro atoms. The molecular weight excluding hydrogens is 240 g/mol. The van der Waals surface area contributed by atoms with Crippen molar-refractivity contribution in [2.75, 3.05) is 0 Å². The van der Waals surface area contributed by atoms with Crippen molar-refractivity contribution < 1.29 is 9.59 Å². The molecule has 1 aliphatic heterocycles. The average molecular weight is 249 g/mol. The molecular formula is C12H9ClN2O2. The van der Waals surface area contributed by atoms with Crippen LogP contribution in [0.3, 0.4) is 0 Å². The SMILES string of the molecule is NC(=O)C1C=NC=C(c2ccc(Cl)cc2)C1=O. The van der Waals surface area contributed by atoms with E-state index in [-0.39, 0.29) is 5.78 Å². The summed E-state index contributed by atoms with van der Waals surface area (Å²) < 4.78 is 0. The van der Waals surface area contributed by atoms with Crippen molar-refractivity contribution in [1.82, 2.24) is 0 Å². The van der Waals surface area contributed by atoms with Crippen LogP contribution in [0.5, 0.6) is 0 Å². The molecule has 2 N–H and O–H groups in total. The lowest BCUT2D eigenvalue weighted by Crippen LogP contribution is -2.33. The van der Waals surface area contributed by atoms with E-state index in [0.29, 0.717) is 16.2 Å². The molecule has 1 amide bonds. The number of aliphatic imine (C=N–C) groups is 1. The molecule has 0 saturated heterocycles. The first kappa shape index (κ1) is 11.5. The van der Waals surface area contributed by atoms with Crippen LogP contribution < -0.4 is 5.73 Å². The van der Waals surface area contributed by atoms with Crippen LogP contribution in [0.4, 0.5) is 0 Å². The Labute approximate surface area is 103 Å². The first-order valence-electron chi connectivity index (χ1n) is 4.92. The minimum Gasteiger partial charge on any atom is -0.369 e. The van der Waals surface area contributed by atoms with E-state index in [1.165, 1.54) is 12.4 Å². The molecule has 2 rings (SSSR count). The third-order valence-electron chi connectivity index (χ3n) is 2.45. The summed E-state index contributed by atoms with van der Waals surface area (Å²) in [6.07, 6.45) is 2.68.